The van der Waals surface area contributed by atoms with E-state index in [9.17, 15) is 9.59 Å². The van der Waals surface area contributed by atoms with Crippen LogP contribution >= 0.6 is 0 Å². The van der Waals surface area contributed by atoms with Gasteiger partial charge in [-0.25, -0.2) is 0 Å². The van der Waals surface area contributed by atoms with E-state index in [2.05, 4.69) is 0 Å². The summed E-state index contributed by atoms with van der Waals surface area (Å²) in [6.45, 7) is 5.01. The predicted octanol–water partition coefficient (Wildman–Crippen LogP) is 1.19. The molecule has 1 heterocycles. The number of hydrogen-bond donors (Lipinski definition) is 2. The van der Waals surface area contributed by atoms with E-state index in [0.29, 0.717) is 5.76 Å². The molecule has 0 saturated heterocycles. The number of rotatable bonds is 5. The van der Waals surface area contributed by atoms with E-state index in [0.717, 1.165) is 0 Å². The Labute approximate surface area is 111 Å². The van der Waals surface area contributed by atoms with Gasteiger partial charge in [0, 0.05) is 12.5 Å². The first kappa shape index (κ1) is 15.2. The van der Waals surface area contributed by atoms with Gasteiger partial charge in [0.2, 0.25) is 0 Å². The first-order valence-electron chi connectivity index (χ1n) is 5.94. The Hall–Kier alpha value is -1.82. The van der Waals surface area contributed by atoms with E-state index in [4.69, 9.17) is 20.0 Å². The lowest BCUT2D eigenvalue weighted by molar-refractivity contribution is -0.167. The van der Waals surface area contributed by atoms with E-state index in [1.807, 2.05) is 0 Å². The number of esters is 1. The molecule has 2 atom stereocenters. The second kappa shape index (κ2) is 5.88. The smallest absolute Gasteiger partial charge is 0.322 e. The Morgan fingerprint density at radius 1 is 1.47 bits per heavy atom. The molecule has 0 fully saturated rings. The molecule has 1 aromatic rings. The Bertz CT molecular complexity index is 432. The van der Waals surface area contributed by atoms with Crippen molar-refractivity contribution in [2.45, 2.75) is 38.8 Å². The van der Waals surface area contributed by atoms with E-state index in [1.54, 1.807) is 32.9 Å². The molecule has 0 aliphatic heterocycles. The molecule has 0 radical (unpaired) electrons. The van der Waals surface area contributed by atoms with Crippen molar-refractivity contribution in [3.05, 3.63) is 24.2 Å². The van der Waals surface area contributed by atoms with Crippen molar-refractivity contribution in [3.8, 4) is 0 Å². The monoisotopic (exact) mass is 269 g/mol. The number of carboxylic acid groups (broad SMARTS) is 1. The Balaban J connectivity index is 2.76. The molecule has 19 heavy (non-hydrogen) atoms. The minimum Gasteiger partial charge on any atom is -0.481 e. The molecule has 0 saturated carbocycles. The molecule has 1 unspecified atom stereocenters. The molecule has 106 valence electrons. The summed E-state index contributed by atoms with van der Waals surface area (Å²) in [5.41, 5.74) is 5.03. The van der Waals surface area contributed by atoms with Crippen molar-refractivity contribution in [1.82, 2.24) is 0 Å². The average Bonchev–Trinajstić information content (AvgIpc) is 2.66. The van der Waals surface area contributed by atoms with Gasteiger partial charge in [0.25, 0.3) is 0 Å². The van der Waals surface area contributed by atoms with Crippen LogP contribution in [0.2, 0.25) is 0 Å². The third kappa shape index (κ3) is 4.75. The van der Waals surface area contributed by atoms with Gasteiger partial charge in [0.15, 0.2) is 5.92 Å². The predicted molar refractivity (Wildman–Crippen MR) is 67.4 cm³/mol. The number of furan rings is 1. The summed E-state index contributed by atoms with van der Waals surface area (Å²) in [4.78, 5) is 23.0. The summed E-state index contributed by atoms with van der Waals surface area (Å²) >= 11 is 0. The van der Waals surface area contributed by atoms with Gasteiger partial charge in [0.1, 0.15) is 11.4 Å². The summed E-state index contributed by atoms with van der Waals surface area (Å²) in [6, 6.07) is 2.44. The standard InChI is InChI=1S/C13H19NO5/c1-13(2,3)19-12(17)10(11(15)16)9(14)7-8-5-4-6-18-8/h4-6,9-10H,7,14H2,1-3H3,(H,15,16)/t9?,10-/m0/s1. The van der Waals surface area contributed by atoms with Gasteiger partial charge in [-0.3, -0.25) is 9.59 Å². The molecule has 1 rings (SSSR count). The molecule has 1 aromatic heterocycles. The molecule has 0 spiro atoms. The highest BCUT2D eigenvalue weighted by molar-refractivity contribution is 5.95. The van der Waals surface area contributed by atoms with Crippen molar-refractivity contribution < 1.29 is 23.8 Å². The van der Waals surface area contributed by atoms with Crippen LogP contribution < -0.4 is 5.73 Å². The molecule has 0 aromatic carbocycles. The summed E-state index contributed by atoms with van der Waals surface area (Å²) < 4.78 is 10.2. The maximum absolute atomic E-state index is 11.9. The molecule has 0 bridgehead atoms. The van der Waals surface area contributed by atoms with Crippen LogP contribution in [0.25, 0.3) is 0 Å². The van der Waals surface area contributed by atoms with Gasteiger partial charge in [-0.1, -0.05) is 0 Å². The minimum atomic E-state index is -1.41. The highest BCUT2D eigenvalue weighted by Gasteiger charge is 2.36. The molecular weight excluding hydrogens is 250 g/mol. The molecule has 6 heteroatoms. The zero-order valence-corrected chi connectivity index (χ0v) is 11.3. The van der Waals surface area contributed by atoms with Crippen molar-refractivity contribution in [2.24, 2.45) is 11.7 Å². The van der Waals surface area contributed by atoms with E-state index < -0.39 is 29.5 Å². The number of aliphatic carboxylic acids is 1. The Morgan fingerprint density at radius 3 is 2.53 bits per heavy atom. The lowest BCUT2D eigenvalue weighted by Gasteiger charge is -2.24. The average molecular weight is 269 g/mol. The third-order valence-electron chi connectivity index (χ3n) is 2.37. The number of carboxylic acids is 1. The van der Waals surface area contributed by atoms with Gasteiger partial charge in [-0.05, 0) is 32.9 Å². The van der Waals surface area contributed by atoms with E-state index in [1.165, 1.54) is 6.26 Å². The first-order chi connectivity index (χ1) is 8.70. The topological polar surface area (TPSA) is 103 Å². The number of hydrogen-bond acceptors (Lipinski definition) is 5. The van der Waals surface area contributed by atoms with Crippen LogP contribution in [-0.4, -0.2) is 28.7 Å². The second-order valence-electron chi connectivity index (χ2n) is 5.30. The van der Waals surface area contributed by atoms with Crippen LogP contribution in [0.4, 0.5) is 0 Å². The Morgan fingerprint density at radius 2 is 2.11 bits per heavy atom. The first-order valence-corrected chi connectivity index (χ1v) is 5.94. The van der Waals surface area contributed by atoms with Gasteiger partial charge in [-0.15, -0.1) is 0 Å². The summed E-state index contributed by atoms with van der Waals surface area (Å²) in [7, 11) is 0. The van der Waals surface area contributed by atoms with Crippen LogP contribution in [0, 0.1) is 5.92 Å². The zero-order chi connectivity index (χ0) is 14.6. The lowest BCUT2D eigenvalue weighted by atomic mass is 9.96. The normalized spacial score (nSPS) is 14.7. The zero-order valence-electron chi connectivity index (χ0n) is 11.3. The van der Waals surface area contributed by atoms with Crippen LogP contribution in [0.5, 0.6) is 0 Å². The second-order valence-corrected chi connectivity index (χ2v) is 5.30. The summed E-state index contributed by atoms with van der Waals surface area (Å²) in [5.74, 6) is -3.01. The highest BCUT2D eigenvalue weighted by Crippen LogP contribution is 2.16. The fourth-order valence-corrected chi connectivity index (χ4v) is 1.60. The number of nitrogens with two attached hydrogens (primary N) is 1. The fraction of sp³-hybridized carbons (Fsp3) is 0.538. The molecule has 3 N–H and O–H groups in total. The van der Waals surface area contributed by atoms with Crippen LogP contribution in [0.15, 0.2) is 22.8 Å². The van der Waals surface area contributed by atoms with Gasteiger partial charge in [0.05, 0.1) is 6.26 Å². The number of ether oxygens (including phenoxy) is 1. The van der Waals surface area contributed by atoms with Crippen molar-refractivity contribution in [1.29, 1.82) is 0 Å². The molecule has 0 aliphatic carbocycles. The van der Waals surface area contributed by atoms with E-state index >= 15 is 0 Å². The van der Waals surface area contributed by atoms with Crippen molar-refractivity contribution in [3.63, 3.8) is 0 Å². The fourth-order valence-electron chi connectivity index (χ4n) is 1.60. The quantitative estimate of drug-likeness (QED) is 0.615. The number of carbonyl (C=O) groups is 2. The molecule has 6 nitrogen and oxygen atoms in total. The largest absolute Gasteiger partial charge is 0.481 e. The number of carbonyl (C=O) groups excluding carboxylic acids is 1. The van der Waals surface area contributed by atoms with Crippen LogP contribution in [0.1, 0.15) is 26.5 Å². The third-order valence-corrected chi connectivity index (χ3v) is 2.37. The van der Waals surface area contributed by atoms with Gasteiger partial charge >= 0.3 is 11.9 Å². The van der Waals surface area contributed by atoms with Crippen molar-refractivity contribution in [2.75, 3.05) is 0 Å². The van der Waals surface area contributed by atoms with Crippen molar-refractivity contribution >= 4 is 11.9 Å². The maximum atomic E-state index is 11.9. The lowest BCUT2D eigenvalue weighted by Crippen LogP contribution is -2.45. The molecule has 0 amide bonds. The SMILES string of the molecule is CC(C)(C)OC(=O)[C@H](C(=O)O)C(N)Cc1ccco1. The van der Waals surface area contributed by atoms with Gasteiger partial charge in [-0.2, -0.15) is 0 Å². The summed E-state index contributed by atoms with van der Waals surface area (Å²) in [6.07, 6.45) is 1.62. The minimum absolute atomic E-state index is 0.156. The molecular formula is C13H19NO5. The summed E-state index contributed by atoms with van der Waals surface area (Å²) in [5, 5.41) is 9.13. The highest BCUT2D eigenvalue weighted by atomic mass is 16.6. The maximum Gasteiger partial charge on any atom is 0.322 e. The van der Waals surface area contributed by atoms with E-state index in [-0.39, 0.29) is 6.42 Å². The van der Waals surface area contributed by atoms with Crippen LogP contribution in [-0.2, 0) is 20.7 Å². The van der Waals surface area contributed by atoms with Gasteiger partial charge < -0.3 is 20.0 Å². The van der Waals surface area contributed by atoms with Crippen LogP contribution in [0.3, 0.4) is 0 Å². The molecule has 0 aliphatic rings. The Kier molecular flexibility index (Phi) is 4.72.